The van der Waals surface area contributed by atoms with Crippen LogP contribution in [-0.2, 0) is 0 Å². The number of hydrogen-bond donors (Lipinski definition) is 1. The number of hydrogen-bond acceptors (Lipinski definition) is 1. The van der Waals surface area contributed by atoms with Gasteiger partial charge in [-0.2, -0.15) is 0 Å². The summed E-state index contributed by atoms with van der Waals surface area (Å²) in [6.07, 6.45) is 0. The van der Waals surface area contributed by atoms with E-state index in [1.54, 1.807) is 0 Å². The lowest BCUT2D eigenvalue weighted by Gasteiger charge is -2.00. The topological polar surface area (TPSA) is 28.7 Å². The highest BCUT2D eigenvalue weighted by molar-refractivity contribution is 14.1. The van der Waals surface area contributed by atoms with Crippen molar-refractivity contribution in [1.82, 2.24) is 9.97 Å². The van der Waals surface area contributed by atoms with Crippen LogP contribution in [0.3, 0.4) is 0 Å². The van der Waals surface area contributed by atoms with Gasteiger partial charge in [0, 0.05) is 10.9 Å². The predicted molar refractivity (Wildman–Crippen MR) is 78.1 cm³/mol. The van der Waals surface area contributed by atoms with Crippen molar-refractivity contribution < 1.29 is 0 Å². The monoisotopic (exact) mass is 420 g/mol. The van der Waals surface area contributed by atoms with Crippen molar-refractivity contribution >= 4 is 56.1 Å². The summed E-state index contributed by atoms with van der Waals surface area (Å²) in [5.74, 6) is 0. The Bertz CT molecular complexity index is 615. The van der Waals surface area contributed by atoms with Crippen molar-refractivity contribution in [2.45, 2.75) is 0 Å². The van der Waals surface area contributed by atoms with Crippen LogP contribution in [0.1, 0.15) is 0 Å². The van der Waals surface area contributed by atoms with Crippen molar-refractivity contribution in [3.05, 3.63) is 37.7 Å². The van der Waals surface area contributed by atoms with E-state index in [1.165, 1.54) is 10.9 Å². The fraction of sp³-hybridized carbons (Fsp3) is 0. The van der Waals surface area contributed by atoms with Gasteiger partial charge < -0.3 is 4.98 Å². The Morgan fingerprint density at radius 2 is 1.93 bits per heavy atom. The van der Waals surface area contributed by atoms with Gasteiger partial charge in [-0.05, 0) is 63.4 Å². The molecule has 2 nitrogen and oxygen atoms in total. The van der Waals surface area contributed by atoms with Crippen molar-refractivity contribution in [2.24, 2.45) is 0 Å². The molecule has 0 saturated carbocycles. The van der Waals surface area contributed by atoms with E-state index in [4.69, 9.17) is 0 Å². The number of aromatic amines is 1. The lowest BCUT2D eigenvalue weighted by molar-refractivity contribution is 1.27. The number of fused-ring (bicyclic) bond motifs is 3. The third-order valence-electron chi connectivity index (χ3n) is 2.38. The average molecular weight is 420 g/mol. The Kier molecular flexibility index (Phi) is 2.35. The highest BCUT2D eigenvalue weighted by Gasteiger charge is 2.11. The van der Waals surface area contributed by atoms with Gasteiger partial charge in [0.15, 0.2) is 0 Å². The molecule has 0 atom stereocenters. The number of nitrogens with zero attached hydrogens (tertiary/aromatic N) is 1. The Morgan fingerprint density at radius 3 is 2.80 bits per heavy atom. The Labute approximate surface area is 114 Å². The number of pyridine rings is 2. The molecule has 15 heavy (non-hydrogen) atoms. The van der Waals surface area contributed by atoms with E-state index in [0.29, 0.717) is 0 Å². The molecule has 0 aromatic carbocycles. The fourth-order valence-electron chi connectivity index (χ4n) is 1.73. The maximum absolute atomic E-state index is 4.56. The van der Waals surface area contributed by atoms with Gasteiger partial charge in [0.2, 0.25) is 0 Å². The molecule has 2 aliphatic rings. The van der Waals surface area contributed by atoms with Crippen LogP contribution in [0.4, 0.5) is 0 Å². The fourth-order valence-corrected chi connectivity index (χ4v) is 2.60. The molecule has 4 heteroatoms. The van der Waals surface area contributed by atoms with Gasteiger partial charge in [0.1, 0.15) is 3.70 Å². The summed E-state index contributed by atoms with van der Waals surface area (Å²) in [5, 5.41) is 1.20. The first-order valence-electron chi connectivity index (χ1n) is 4.47. The van der Waals surface area contributed by atoms with Gasteiger partial charge in [0.05, 0.1) is 14.9 Å². The summed E-state index contributed by atoms with van der Waals surface area (Å²) < 4.78 is 2.16. The third kappa shape index (κ3) is 1.63. The van der Waals surface area contributed by atoms with Crippen LogP contribution in [0.15, 0.2) is 30.3 Å². The highest BCUT2D eigenvalue weighted by atomic mass is 127. The summed E-state index contributed by atoms with van der Waals surface area (Å²) in [5.41, 5.74) is 3.42. The number of aromatic nitrogens is 2. The van der Waals surface area contributed by atoms with Crippen LogP contribution in [0.25, 0.3) is 22.2 Å². The summed E-state index contributed by atoms with van der Waals surface area (Å²) in [6, 6.07) is 10.5. The number of H-pyrrole nitrogens is 1. The van der Waals surface area contributed by atoms with Gasteiger partial charge in [-0.15, -0.1) is 0 Å². The average Bonchev–Trinajstić information content (AvgIpc) is 2.56. The number of halogens is 2. The number of nitrogens with one attached hydrogen (secondary N) is 1. The largest absolute Gasteiger partial charge is 0.348 e. The van der Waals surface area contributed by atoms with Crippen LogP contribution in [0, 0.1) is 7.40 Å². The molecule has 3 rings (SSSR count). The zero-order chi connectivity index (χ0) is 10.4. The first kappa shape index (κ1) is 9.83. The van der Waals surface area contributed by atoms with E-state index in [2.05, 4.69) is 79.4 Å². The molecule has 1 aromatic rings. The molecule has 1 N–H and O–H groups in total. The van der Waals surface area contributed by atoms with E-state index in [-0.39, 0.29) is 0 Å². The summed E-state index contributed by atoms with van der Waals surface area (Å²) in [4.78, 5) is 7.92. The molecule has 1 aromatic heterocycles. The smallest absolute Gasteiger partial charge is 0.102 e. The molecule has 1 aliphatic heterocycles. The van der Waals surface area contributed by atoms with Crippen LogP contribution in [-0.4, -0.2) is 9.97 Å². The normalized spacial score (nSPS) is 11.3. The zero-order valence-electron chi connectivity index (χ0n) is 7.59. The van der Waals surface area contributed by atoms with Gasteiger partial charge in [-0.1, -0.05) is 12.1 Å². The molecule has 74 valence electrons. The Balaban J connectivity index is 2.48. The molecule has 0 amide bonds. The molecule has 0 radical (unpaired) electrons. The minimum atomic E-state index is 1.03. The third-order valence-corrected chi connectivity index (χ3v) is 3.61. The molecule has 0 saturated heterocycles. The molecular formula is C11H6I2N2. The molecule has 0 bridgehead atoms. The van der Waals surface area contributed by atoms with Crippen LogP contribution in [0.5, 0.6) is 0 Å². The van der Waals surface area contributed by atoms with Gasteiger partial charge >= 0.3 is 0 Å². The van der Waals surface area contributed by atoms with Crippen molar-refractivity contribution in [1.29, 1.82) is 0 Å². The van der Waals surface area contributed by atoms with Crippen molar-refractivity contribution in [2.75, 3.05) is 0 Å². The molecule has 0 fully saturated rings. The van der Waals surface area contributed by atoms with Crippen LogP contribution >= 0.6 is 45.2 Å². The summed E-state index contributed by atoms with van der Waals surface area (Å²) in [6.45, 7) is 0. The summed E-state index contributed by atoms with van der Waals surface area (Å²) >= 11 is 4.52. The lowest BCUT2D eigenvalue weighted by atomic mass is 10.2. The predicted octanol–water partition coefficient (Wildman–Crippen LogP) is 3.88. The van der Waals surface area contributed by atoms with Gasteiger partial charge in [-0.25, -0.2) is 4.98 Å². The first-order chi connectivity index (χ1) is 7.24. The second kappa shape index (κ2) is 3.58. The minimum absolute atomic E-state index is 1.03. The van der Waals surface area contributed by atoms with E-state index in [0.717, 1.165) is 18.6 Å². The standard InChI is InChI=1S/C11H6I2N2/c12-8-3-1-6-5-7-2-4-9(13)15-11(7)10(6)14-8/h1-5,14H. The van der Waals surface area contributed by atoms with Crippen LogP contribution in [0.2, 0.25) is 0 Å². The quantitative estimate of drug-likeness (QED) is 0.435. The molecular weight excluding hydrogens is 414 g/mol. The first-order valence-corrected chi connectivity index (χ1v) is 6.63. The SMILES string of the molecule is Ic1ccc2cc3ccc(I)[nH]c-3c2n1. The summed E-state index contributed by atoms with van der Waals surface area (Å²) in [7, 11) is 0. The highest BCUT2D eigenvalue weighted by Crippen LogP contribution is 2.31. The molecule has 0 spiro atoms. The van der Waals surface area contributed by atoms with Crippen LogP contribution < -0.4 is 0 Å². The zero-order valence-corrected chi connectivity index (χ0v) is 11.9. The van der Waals surface area contributed by atoms with E-state index < -0.39 is 0 Å². The number of rotatable bonds is 0. The Morgan fingerprint density at radius 1 is 1.07 bits per heavy atom. The van der Waals surface area contributed by atoms with Crippen molar-refractivity contribution in [3.63, 3.8) is 0 Å². The van der Waals surface area contributed by atoms with E-state index in [9.17, 15) is 0 Å². The maximum atomic E-state index is 4.56. The van der Waals surface area contributed by atoms with Crippen molar-refractivity contribution in [3.8, 4) is 11.3 Å². The second-order valence-electron chi connectivity index (χ2n) is 3.35. The molecule has 0 unspecified atom stereocenters. The second-order valence-corrected chi connectivity index (χ2v) is 5.62. The molecule has 2 heterocycles. The maximum Gasteiger partial charge on any atom is 0.102 e. The molecule has 1 aliphatic carbocycles. The minimum Gasteiger partial charge on any atom is -0.348 e. The Hall–Kier alpha value is -0.370. The van der Waals surface area contributed by atoms with Gasteiger partial charge in [0.25, 0.3) is 0 Å². The van der Waals surface area contributed by atoms with E-state index >= 15 is 0 Å². The van der Waals surface area contributed by atoms with Gasteiger partial charge in [-0.3, -0.25) is 0 Å². The van der Waals surface area contributed by atoms with E-state index in [1.807, 2.05) is 6.07 Å². The lowest BCUT2D eigenvalue weighted by Crippen LogP contribution is -1.86.